The standard InChI is InChI=1S/C13H16F3N3O2/c1-9-2-3-10(11(20)17-9)12(21)19-6-4-18(5-7-19)8-13(14,15)16/h2-3H,4-8H2,1H3,(H,17,20). The average Bonchev–Trinajstić information content (AvgIpc) is 2.37. The number of alkyl halides is 3. The predicted octanol–water partition coefficient (Wildman–Crippen LogP) is 1.00. The molecule has 8 heteroatoms. The van der Waals surface area contributed by atoms with Crippen molar-refractivity contribution in [2.24, 2.45) is 0 Å². The van der Waals surface area contributed by atoms with Crippen LogP contribution in [0.1, 0.15) is 16.1 Å². The maximum absolute atomic E-state index is 12.3. The fraction of sp³-hybridized carbons (Fsp3) is 0.538. The zero-order chi connectivity index (χ0) is 15.6. The van der Waals surface area contributed by atoms with Gasteiger partial charge in [-0.25, -0.2) is 0 Å². The van der Waals surface area contributed by atoms with Crippen LogP contribution in [-0.2, 0) is 0 Å². The lowest BCUT2D eigenvalue weighted by atomic mass is 10.2. The Kier molecular flexibility index (Phi) is 4.36. The van der Waals surface area contributed by atoms with Crippen LogP contribution in [0.15, 0.2) is 16.9 Å². The van der Waals surface area contributed by atoms with Crippen LogP contribution < -0.4 is 5.56 Å². The van der Waals surface area contributed by atoms with Crippen molar-refractivity contribution in [2.75, 3.05) is 32.7 Å². The first-order valence-electron chi connectivity index (χ1n) is 6.54. The summed E-state index contributed by atoms with van der Waals surface area (Å²) in [5.74, 6) is -0.442. The molecule has 5 nitrogen and oxygen atoms in total. The van der Waals surface area contributed by atoms with Gasteiger partial charge in [-0.05, 0) is 19.1 Å². The van der Waals surface area contributed by atoms with Gasteiger partial charge in [0.25, 0.3) is 11.5 Å². The topological polar surface area (TPSA) is 56.4 Å². The molecule has 0 aromatic carbocycles. The molecule has 1 aliphatic rings. The monoisotopic (exact) mass is 303 g/mol. The summed E-state index contributed by atoms with van der Waals surface area (Å²) in [6, 6.07) is 3.06. The number of pyridine rings is 1. The van der Waals surface area contributed by atoms with Crippen molar-refractivity contribution in [3.63, 3.8) is 0 Å². The van der Waals surface area contributed by atoms with E-state index in [1.807, 2.05) is 0 Å². The molecule has 2 rings (SSSR count). The van der Waals surface area contributed by atoms with Crippen LogP contribution in [0.5, 0.6) is 0 Å². The summed E-state index contributed by atoms with van der Waals surface area (Å²) in [6.07, 6.45) is -4.24. The lowest BCUT2D eigenvalue weighted by Gasteiger charge is -2.34. The second-order valence-corrected chi connectivity index (χ2v) is 5.07. The Hall–Kier alpha value is -1.83. The van der Waals surface area contributed by atoms with E-state index in [1.165, 1.54) is 15.9 Å². The number of carbonyl (C=O) groups is 1. The summed E-state index contributed by atoms with van der Waals surface area (Å²) >= 11 is 0. The molecule has 0 saturated carbocycles. The Labute approximate surface area is 119 Å². The second-order valence-electron chi connectivity index (χ2n) is 5.07. The number of hydrogen-bond acceptors (Lipinski definition) is 3. The van der Waals surface area contributed by atoms with E-state index < -0.39 is 24.2 Å². The van der Waals surface area contributed by atoms with Crippen LogP contribution in [0.2, 0.25) is 0 Å². The highest BCUT2D eigenvalue weighted by Crippen LogP contribution is 2.17. The van der Waals surface area contributed by atoms with E-state index in [4.69, 9.17) is 0 Å². The maximum atomic E-state index is 12.3. The predicted molar refractivity (Wildman–Crippen MR) is 70.2 cm³/mol. The molecule has 1 aliphatic heterocycles. The number of nitrogens with zero attached hydrogens (tertiary/aromatic N) is 2. The number of halogens is 3. The Balaban J connectivity index is 1.99. The normalized spacial score (nSPS) is 17.0. The summed E-state index contributed by atoms with van der Waals surface area (Å²) in [5.41, 5.74) is 0.189. The Morgan fingerprint density at radius 3 is 2.38 bits per heavy atom. The summed E-state index contributed by atoms with van der Waals surface area (Å²) < 4.78 is 36.9. The molecule has 1 saturated heterocycles. The molecule has 1 N–H and O–H groups in total. The molecule has 0 atom stereocenters. The van der Waals surface area contributed by atoms with Crippen molar-refractivity contribution in [3.05, 3.63) is 33.7 Å². The van der Waals surface area contributed by atoms with Crippen LogP contribution in [-0.4, -0.2) is 59.6 Å². The van der Waals surface area contributed by atoms with E-state index in [0.29, 0.717) is 5.69 Å². The number of nitrogens with one attached hydrogen (secondary N) is 1. The molecule has 21 heavy (non-hydrogen) atoms. The Morgan fingerprint density at radius 2 is 1.86 bits per heavy atom. The van der Waals surface area contributed by atoms with Gasteiger partial charge in [0.1, 0.15) is 5.56 Å². The van der Waals surface area contributed by atoms with E-state index in [1.54, 1.807) is 13.0 Å². The van der Waals surface area contributed by atoms with Gasteiger partial charge in [0.15, 0.2) is 0 Å². The van der Waals surface area contributed by atoms with Crippen LogP contribution in [0.25, 0.3) is 0 Å². The molecule has 1 amide bonds. The number of amides is 1. The molecule has 1 aromatic heterocycles. The molecule has 116 valence electrons. The van der Waals surface area contributed by atoms with E-state index >= 15 is 0 Å². The number of rotatable bonds is 2. The van der Waals surface area contributed by atoms with E-state index in [9.17, 15) is 22.8 Å². The lowest BCUT2D eigenvalue weighted by molar-refractivity contribution is -0.148. The second kappa shape index (κ2) is 5.88. The van der Waals surface area contributed by atoms with Gasteiger partial charge in [-0.3, -0.25) is 14.5 Å². The summed E-state index contributed by atoms with van der Waals surface area (Å²) in [7, 11) is 0. The lowest BCUT2D eigenvalue weighted by Crippen LogP contribution is -2.51. The van der Waals surface area contributed by atoms with Gasteiger partial charge in [0.05, 0.1) is 6.54 Å². The van der Waals surface area contributed by atoms with Gasteiger partial charge in [-0.15, -0.1) is 0 Å². The third kappa shape index (κ3) is 4.07. The van der Waals surface area contributed by atoms with Crippen molar-refractivity contribution in [1.82, 2.24) is 14.8 Å². The molecular formula is C13H16F3N3O2. The minimum Gasteiger partial charge on any atom is -0.336 e. The van der Waals surface area contributed by atoms with Gasteiger partial charge in [0, 0.05) is 31.9 Å². The number of aryl methyl sites for hydroxylation is 1. The minimum atomic E-state index is -4.24. The van der Waals surface area contributed by atoms with Gasteiger partial charge in [0.2, 0.25) is 0 Å². The van der Waals surface area contributed by atoms with Crippen molar-refractivity contribution in [2.45, 2.75) is 13.1 Å². The first-order valence-corrected chi connectivity index (χ1v) is 6.54. The number of piperazine rings is 1. The molecule has 0 radical (unpaired) electrons. The Morgan fingerprint density at radius 1 is 1.24 bits per heavy atom. The van der Waals surface area contributed by atoms with E-state index in [-0.39, 0.29) is 31.7 Å². The van der Waals surface area contributed by atoms with Gasteiger partial charge in [-0.2, -0.15) is 13.2 Å². The van der Waals surface area contributed by atoms with Crippen LogP contribution in [0.4, 0.5) is 13.2 Å². The van der Waals surface area contributed by atoms with Crippen LogP contribution in [0.3, 0.4) is 0 Å². The number of H-pyrrole nitrogens is 1. The first-order chi connectivity index (χ1) is 9.76. The number of aromatic nitrogens is 1. The van der Waals surface area contributed by atoms with Gasteiger partial charge < -0.3 is 9.88 Å². The summed E-state index contributed by atoms with van der Waals surface area (Å²) in [6.45, 7) is 1.39. The highest BCUT2D eigenvalue weighted by molar-refractivity contribution is 5.93. The summed E-state index contributed by atoms with van der Waals surface area (Å²) in [5, 5.41) is 0. The number of carbonyl (C=O) groups excluding carboxylic acids is 1. The molecule has 0 unspecified atom stereocenters. The van der Waals surface area contributed by atoms with Crippen molar-refractivity contribution in [1.29, 1.82) is 0 Å². The molecular weight excluding hydrogens is 287 g/mol. The van der Waals surface area contributed by atoms with Crippen LogP contribution in [0, 0.1) is 6.92 Å². The smallest absolute Gasteiger partial charge is 0.336 e. The first kappa shape index (κ1) is 15.6. The van der Waals surface area contributed by atoms with Crippen molar-refractivity contribution < 1.29 is 18.0 Å². The zero-order valence-corrected chi connectivity index (χ0v) is 11.5. The van der Waals surface area contributed by atoms with Crippen molar-refractivity contribution >= 4 is 5.91 Å². The number of aromatic amines is 1. The highest BCUT2D eigenvalue weighted by Gasteiger charge is 2.33. The van der Waals surface area contributed by atoms with E-state index in [0.717, 1.165) is 0 Å². The maximum Gasteiger partial charge on any atom is 0.401 e. The summed E-state index contributed by atoms with van der Waals surface area (Å²) in [4.78, 5) is 29.1. The number of hydrogen-bond donors (Lipinski definition) is 1. The van der Waals surface area contributed by atoms with Gasteiger partial charge in [-0.1, -0.05) is 0 Å². The average molecular weight is 303 g/mol. The minimum absolute atomic E-state index is 0.0184. The molecule has 0 aliphatic carbocycles. The largest absolute Gasteiger partial charge is 0.401 e. The molecule has 0 spiro atoms. The quantitative estimate of drug-likeness (QED) is 0.887. The van der Waals surface area contributed by atoms with E-state index in [2.05, 4.69) is 4.98 Å². The highest BCUT2D eigenvalue weighted by atomic mass is 19.4. The fourth-order valence-electron chi connectivity index (χ4n) is 2.27. The molecule has 1 aromatic rings. The van der Waals surface area contributed by atoms with Crippen LogP contribution >= 0.6 is 0 Å². The Bertz CT molecular complexity index is 575. The SMILES string of the molecule is Cc1ccc(C(=O)N2CCN(CC(F)(F)F)CC2)c(=O)[nH]1. The third-order valence-electron chi connectivity index (χ3n) is 3.35. The van der Waals surface area contributed by atoms with Crippen molar-refractivity contribution in [3.8, 4) is 0 Å². The van der Waals surface area contributed by atoms with Gasteiger partial charge >= 0.3 is 6.18 Å². The molecule has 0 bridgehead atoms. The molecule has 1 fully saturated rings. The third-order valence-corrected chi connectivity index (χ3v) is 3.35. The zero-order valence-electron chi connectivity index (χ0n) is 11.5. The fourth-order valence-corrected chi connectivity index (χ4v) is 2.27. The molecule has 2 heterocycles.